The van der Waals surface area contributed by atoms with Gasteiger partial charge in [-0.25, -0.2) is 0 Å². The molecule has 2 heterocycles. The third-order valence-corrected chi connectivity index (χ3v) is 8.78. The van der Waals surface area contributed by atoms with E-state index in [1.54, 1.807) is 0 Å². The summed E-state index contributed by atoms with van der Waals surface area (Å²) in [6.45, 7) is 8.31. The van der Waals surface area contributed by atoms with E-state index in [4.69, 9.17) is 0 Å². The van der Waals surface area contributed by atoms with Crippen LogP contribution in [0.25, 0.3) is 0 Å². The highest BCUT2D eigenvalue weighted by molar-refractivity contribution is 5.89. The summed E-state index contributed by atoms with van der Waals surface area (Å²) in [5, 5.41) is 3.64. The number of nitrogens with one attached hydrogen (secondary N) is 1. The molecule has 2 aromatic carbocycles. The summed E-state index contributed by atoms with van der Waals surface area (Å²) in [5.74, 6) is 0.953. The van der Waals surface area contributed by atoms with Gasteiger partial charge in [0.25, 0.3) is 0 Å². The molecule has 3 fully saturated rings. The second-order valence-corrected chi connectivity index (χ2v) is 10.7. The predicted octanol–water partition coefficient (Wildman–Crippen LogP) is 5.50. The normalized spacial score (nSPS) is 24.6. The van der Waals surface area contributed by atoms with Crippen molar-refractivity contribution in [3.8, 4) is 0 Å². The second-order valence-electron chi connectivity index (χ2n) is 10.7. The number of aryl methyl sites for hydroxylation is 2. The number of likely N-dealkylation sites (tertiary alicyclic amines) is 1. The Labute approximate surface area is 193 Å². The summed E-state index contributed by atoms with van der Waals surface area (Å²) in [6, 6.07) is 17.8. The lowest BCUT2D eigenvalue weighted by Gasteiger charge is -2.50. The Balaban J connectivity index is 1.37. The Bertz CT molecular complexity index is 932. The van der Waals surface area contributed by atoms with Crippen molar-refractivity contribution in [1.82, 2.24) is 10.2 Å². The maximum absolute atomic E-state index is 14.1. The molecule has 1 aliphatic carbocycles. The van der Waals surface area contributed by atoms with Crippen LogP contribution in [-0.2, 0) is 10.2 Å². The number of benzene rings is 2. The van der Waals surface area contributed by atoms with Crippen LogP contribution in [0.4, 0.5) is 0 Å². The zero-order valence-corrected chi connectivity index (χ0v) is 19.8. The Hall–Kier alpha value is -2.13. The molecule has 2 aromatic rings. The largest absolute Gasteiger partial charge is 0.342 e. The van der Waals surface area contributed by atoms with Gasteiger partial charge in [-0.15, -0.1) is 0 Å². The van der Waals surface area contributed by atoms with Crippen LogP contribution < -0.4 is 5.32 Å². The highest BCUT2D eigenvalue weighted by Crippen LogP contribution is 2.50. The second kappa shape index (κ2) is 8.67. The van der Waals surface area contributed by atoms with Crippen LogP contribution in [0.2, 0.25) is 0 Å². The van der Waals surface area contributed by atoms with Gasteiger partial charge in [-0.1, -0.05) is 72.5 Å². The molecular formula is C29H38N2O. The molecule has 3 nitrogen and oxygen atoms in total. The van der Waals surface area contributed by atoms with Crippen molar-refractivity contribution in [3.05, 3.63) is 70.8 Å². The standard InChI is InChI=1S/C29H38N2O/c1-22-18-23(2)20-25(19-22)29(10-6-7-11-29)27(32)31-16-13-28(14-17-31)12-15-30-21-26(28)24-8-4-3-5-9-24/h3-5,8-9,18-20,26,30H,6-7,10-17,21H2,1-2H3/t26-/m1/s1. The molecule has 0 bridgehead atoms. The molecule has 1 N–H and O–H groups in total. The molecule has 0 aromatic heterocycles. The lowest BCUT2D eigenvalue weighted by Crippen LogP contribution is -2.54. The summed E-state index contributed by atoms with van der Waals surface area (Å²) >= 11 is 0. The molecule has 3 heteroatoms. The molecule has 32 heavy (non-hydrogen) atoms. The average Bonchev–Trinajstić information content (AvgIpc) is 3.31. The molecule has 0 radical (unpaired) electrons. The van der Waals surface area contributed by atoms with Crippen LogP contribution in [0.5, 0.6) is 0 Å². The van der Waals surface area contributed by atoms with Gasteiger partial charge in [-0.3, -0.25) is 4.79 Å². The number of carbonyl (C=O) groups is 1. The Morgan fingerprint density at radius 3 is 2.22 bits per heavy atom. The van der Waals surface area contributed by atoms with Crippen LogP contribution >= 0.6 is 0 Å². The first-order chi connectivity index (χ1) is 15.5. The monoisotopic (exact) mass is 430 g/mol. The first-order valence-corrected chi connectivity index (χ1v) is 12.7. The van der Waals surface area contributed by atoms with Crippen molar-refractivity contribution < 1.29 is 4.79 Å². The van der Waals surface area contributed by atoms with E-state index < -0.39 is 0 Å². The highest BCUT2D eigenvalue weighted by Gasteiger charge is 2.49. The maximum Gasteiger partial charge on any atom is 0.233 e. The Morgan fingerprint density at radius 1 is 0.906 bits per heavy atom. The molecule has 3 aliphatic rings. The minimum absolute atomic E-state index is 0.297. The molecule has 0 unspecified atom stereocenters. The molecule has 170 valence electrons. The smallest absolute Gasteiger partial charge is 0.233 e. The summed E-state index contributed by atoms with van der Waals surface area (Å²) < 4.78 is 0. The van der Waals surface area contributed by atoms with Gasteiger partial charge >= 0.3 is 0 Å². The fourth-order valence-electron chi connectivity index (χ4n) is 7.04. The quantitative estimate of drug-likeness (QED) is 0.697. The molecule has 2 aliphatic heterocycles. The first-order valence-electron chi connectivity index (χ1n) is 12.7. The zero-order valence-electron chi connectivity index (χ0n) is 19.8. The number of rotatable bonds is 3. The lowest BCUT2D eigenvalue weighted by atomic mass is 9.62. The van der Waals surface area contributed by atoms with Crippen molar-refractivity contribution in [3.63, 3.8) is 0 Å². The van der Waals surface area contributed by atoms with E-state index in [0.29, 0.717) is 17.2 Å². The molecular weight excluding hydrogens is 392 g/mol. The Kier molecular flexibility index (Phi) is 5.88. The number of carbonyl (C=O) groups excluding carboxylic acids is 1. The van der Waals surface area contributed by atoms with Crippen LogP contribution in [0.3, 0.4) is 0 Å². The Morgan fingerprint density at radius 2 is 1.56 bits per heavy atom. The molecule has 1 amide bonds. The third-order valence-electron chi connectivity index (χ3n) is 8.78. The van der Waals surface area contributed by atoms with Crippen molar-refractivity contribution in [1.29, 1.82) is 0 Å². The van der Waals surface area contributed by atoms with Crippen LogP contribution in [0, 0.1) is 19.3 Å². The van der Waals surface area contributed by atoms with Gasteiger partial charge in [0.15, 0.2) is 0 Å². The predicted molar refractivity (Wildman–Crippen MR) is 131 cm³/mol. The average molecular weight is 431 g/mol. The number of piperidine rings is 2. The molecule has 2 saturated heterocycles. The number of nitrogens with zero attached hydrogens (tertiary/aromatic N) is 1. The van der Waals surface area contributed by atoms with Crippen LogP contribution in [0.15, 0.2) is 48.5 Å². The summed E-state index contributed by atoms with van der Waals surface area (Å²) in [4.78, 5) is 16.3. The SMILES string of the molecule is Cc1cc(C)cc(C2(C(=O)N3CCC4(CCNC[C@@H]4c4ccccc4)CC3)CCCC2)c1. The van der Waals surface area contributed by atoms with E-state index in [2.05, 4.69) is 72.6 Å². The van der Waals surface area contributed by atoms with E-state index in [-0.39, 0.29) is 5.41 Å². The maximum atomic E-state index is 14.1. The van der Waals surface area contributed by atoms with Crippen molar-refractivity contribution >= 4 is 5.91 Å². The van der Waals surface area contributed by atoms with Crippen LogP contribution in [-0.4, -0.2) is 37.0 Å². The number of hydrogen-bond donors (Lipinski definition) is 1. The van der Waals surface area contributed by atoms with E-state index in [1.807, 2.05) is 0 Å². The van der Waals surface area contributed by atoms with Crippen molar-refractivity contribution in [2.75, 3.05) is 26.2 Å². The van der Waals surface area contributed by atoms with Gasteiger partial charge in [-0.2, -0.15) is 0 Å². The van der Waals surface area contributed by atoms with Gasteiger partial charge in [-0.05, 0) is 69.0 Å². The molecule has 1 saturated carbocycles. The van der Waals surface area contributed by atoms with E-state index in [0.717, 1.165) is 64.7 Å². The van der Waals surface area contributed by atoms with Crippen molar-refractivity contribution in [2.45, 2.75) is 70.1 Å². The van der Waals surface area contributed by atoms with Gasteiger partial charge in [0.1, 0.15) is 0 Å². The fourth-order valence-corrected chi connectivity index (χ4v) is 7.04. The van der Waals surface area contributed by atoms with E-state index in [1.165, 1.54) is 28.7 Å². The molecule has 5 rings (SSSR count). The minimum Gasteiger partial charge on any atom is -0.342 e. The fraction of sp³-hybridized carbons (Fsp3) is 0.552. The number of amides is 1. The van der Waals surface area contributed by atoms with Crippen LogP contribution in [0.1, 0.15) is 73.1 Å². The minimum atomic E-state index is -0.297. The van der Waals surface area contributed by atoms with Crippen molar-refractivity contribution in [2.24, 2.45) is 5.41 Å². The summed E-state index contributed by atoms with van der Waals surface area (Å²) in [7, 11) is 0. The van der Waals surface area contributed by atoms with E-state index >= 15 is 0 Å². The number of hydrogen-bond acceptors (Lipinski definition) is 2. The lowest BCUT2D eigenvalue weighted by molar-refractivity contribution is -0.140. The molecule has 1 atom stereocenters. The molecule has 1 spiro atoms. The highest BCUT2D eigenvalue weighted by atomic mass is 16.2. The summed E-state index contributed by atoms with van der Waals surface area (Å²) in [6.07, 6.45) is 7.82. The third kappa shape index (κ3) is 3.79. The summed E-state index contributed by atoms with van der Waals surface area (Å²) in [5.41, 5.74) is 5.30. The zero-order chi connectivity index (χ0) is 22.2. The first kappa shape index (κ1) is 21.7. The topological polar surface area (TPSA) is 32.3 Å². The van der Waals surface area contributed by atoms with Gasteiger partial charge in [0.05, 0.1) is 5.41 Å². The van der Waals surface area contributed by atoms with Gasteiger partial charge in [0, 0.05) is 25.6 Å². The van der Waals surface area contributed by atoms with Gasteiger partial charge in [0.2, 0.25) is 5.91 Å². The van der Waals surface area contributed by atoms with E-state index in [9.17, 15) is 4.79 Å². The van der Waals surface area contributed by atoms with Gasteiger partial charge < -0.3 is 10.2 Å².